The molecule has 13 heavy (non-hydrogen) atoms. The third-order valence-corrected chi connectivity index (χ3v) is 2.42. The lowest BCUT2D eigenvalue weighted by atomic mass is 10.4. The van der Waals surface area contributed by atoms with Crippen LogP contribution in [-0.4, -0.2) is 14.5 Å². The van der Waals surface area contributed by atoms with E-state index in [9.17, 15) is 4.79 Å². The maximum absolute atomic E-state index is 11.0. The molecule has 1 saturated carbocycles. The Labute approximate surface area is 74.2 Å². The van der Waals surface area contributed by atoms with Gasteiger partial charge in [-0.25, -0.2) is 4.79 Å². The van der Waals surface area contributed by atoms with Crippen LogP contribution < -0.4 is 5.69 Å². The van der Waals surface area contributed by atoms with Crippen LogP contribution >= 0.6 is 0 Å². The minimum absolute atomic E-state index is 0.270. The summed E-state index contributed by atoms with van der Waals surface area (Å²) in [6, 6.07) is 2.56. The van der Waals surface area contributed by atoms with Crippen LogP contribution in [0.1, 0.15) is 18.9 Å². The Hall–Kier alpha value is -1.58. The van der Waals surface area contributed by atoms with E-state index in [1.807, 2.05) is 12.3 Å². The summed E-state index contributed by atoms with van der Waals surface area (Å²) < 4.78 is 2.09. The molecule has 0 radical (unpaired) electrons. The van der Waals surface area contributed by atoms with Gasteiger partial charge < -0.3 is 9.55 Å². The molecule has 2 aromatic heterocycles. The van der Waals surface area contributed by atoms with E-state index in [-0.39, 0.29) is 5.69 Å². The fourth-order valence-electron chi connectivity index (χ4n) is 1.61. The van der Waals surface area contributed by atoms with Crippen molar-refractivity contribution < 1.29 is 0 Å². The van der Waals surface area contributed by atoms with Crippen LogP contribution in [0.5, 0.6) is 0 Å². The van der Waals surface area contributed by atoms with E-state index in [1.165, 1.54) is 12.8 Å². The van der Waals surface area contributed by atoms with Crippen molar-refractivity contribution in [3.05, 3.63) is 28.9 Å². The Bertz CT molecular complexity index is 507. The van der Waals surface area contributed by atoms with Gasteiger partial charge in [0.1, 0.15) is 5.65 Å². The molecule has 1 aliphatic carbocycles. The van der Waals surface area contributed by atoms with Crippen LogP contribution in [0, 0.1) is 0 Å². The van der Waals surface area contributed by atoms with Crippen molar-refractivity contribution >= 4 is 11.0 Å². The third kappa shape index (κ3) is 0.983. The molecule has 1 aliphatic rings. The lowest BCUT2D eigenvalue weighted by Crippen LogP contribution is -2.10. The molecule has 0 bridgehead atoms. The maximum Gasteiger partial charge on any atom is 0.346 e. The predicted molar refractivity (Wildman–Crippen MR) is 48.6 cm³/mol. The van der Waals surface area contributed by atoms with E-state index in [0.29, 0.717) is 6.04 Å². The van der Waals surface area contributed by atoms with E-state index in [2.05, 4.69) is 14.5 Å². The first-order chi connectivity index (χ1) is 6.34. The molecule has 2 aromatic rings. The Morgan fingerprint density at radius 2 is 2.38 bits per heavy atom. The molecule has 0 spiro atoms. The predicted octanol–water partition coefficient (Wildman–Crippen LogP) is 1.06. The van der Waals surface area contributed by atoms with Gasteiger partial charge in [-0.05, 0) is 18.9 Å². The van der Waals surface area contributed by atoms with Crippen LogP contribution in [0.2, 0.25) is 0 Å². The lowest BCUT2D eigenvalue weighted by molar-refractivity contribution is 0.763. The molecule has 0 atom stereocenters. The van der Waals surface area contributed by atoms with Crippen molar-refractivity contribution in [2.75, 3.05) is 0 Å². The standard InChI is InChI=1S/C9H9N3O/c13-9-10-5-6-3-4-12(7-1-2-7)8(6)11-9/h3-5,7H,1-2H2,(H,10,11,13). The second kappa shape index (κ2) is 2.22. The molecule has 0 unspecified atom stereocenters. The summed E-state index contributed by atoms with van der Waals surface area (Å²) in [4.78, 5) is 17.5. The molecule has 4 heteroatoms. The SMILES string of the molecule is O=c1nc2c(ccn2C2CC2)c[nH]1. The summed E-state index contributed by atoms with van der Waals surface area (Å²) in [5.74, 6) is 0. The summed E-state index contributed by atoms with van der Waals surface area (Å²) in [5, 5.41) is 1.01. The van der Waals surface area contributed by atoms with E-state index in [0.717, 1.165) is 11.0 Å². The second-order valence-electron chi connectivity index (χ2n) is 3.44. The Morgan fingerprint density at radius 3 is 3.15 bits per heavy atom. The van der Waals surface area contributed by atoms with E-state index in [1.54, 1.807) is 6.20 Å². The number of hydrogen-bond acceptors (Lipinski definition) is 2. The molecule has 1 N–H and O–H groups in total. The Kier molecular flexibility index (Phi) is 1.17. The van der Waals surface area contributed by atoms with E-state index < -0.39 is 0 Å². The number of hydrogen-bond donors (Lipinski definition) is 1. The van der Waals surface area contributed by atoms with Crippen molar-refractivity contribution in [1.82, 2.24) is 14.5 Å². The number of fused-ring (bicyclic) bond motifs is 1. The minimum Gasteiger partial charge on any atom is -0.329 e. The number of H-pyrrole nitrogens is 1. The zero-order chi connectivity index (χ0) is 8.84. The number of aromatic nitrogens is 3. The molecule has 1 fully saturated rings. The average Bonchev–Trinajstić information content (AvgIpc) is 2.87. The van der Waals surface area contributed by atoms with E-state index in [4.69, 9.17) is 0 Å². The summed E-state index contributed by atoms with van der Waals surface area (Å²) in [5.41, 5.74) is 0.541. The van der Waals surface area contributed by atoms with Gasteiger partial charge in [-0.15, -0.1) is 0 Å². The van der Waals surface area contributed by atoms with Crippen LogP contribution in [0.25, 0.3) is 11.0 Å². The van der Waals surface area contributed by atoms with Crippen LogP contribution in [0.3, 0.4) is 0 Å². The monoisotopic (exact) mass is 175 g/mol. The highest BCUT2D eigenvalue weighted by Gasteiger charge is 2.24. The van der Waals surface area contributed by atoms with Gasteiger partial charge in [0.2, 0.25) is 0 Å². The number of rotatable bonds is 1. The van der Waals surface area contributed by atoms with Crippen LogP contribution in [-0.2, 0) is 0 Å². The summed E-state index contributed by atoms with van der Waals surface area (Å²) in [6.45, 7) is 0. The number of nitrogens with zero attached hydrogens (tertiary/aromatic N) is 2. The van der Waals surface area contributed by atoms with Gasteiger partial charge in [-0.1, -0.05) is 0 Å². The topological polar surface area (TPSA) is 50.7 Å². The molecule has 0 amide bonds. The zero-order valence-electron chi connectivity index (χ0n) is 7.03. The second-order valence-corrected chi connectivity index (χ2v) is 3.44. The summed E-state index contributed by atoms with van der Waals surface area (Å²) >= 11 is 0. The highest BCUT2D eigenvalue weighted by molar-refractivity contribution is 5.74. The summed E-state index contributed by atoms with van der Waals surface area (Å²) in [6.07, 6.45) is 6.13. The smallest absolute Gasteiger partial charge is 0.329 e. The zero-order valence-corrected chi connectivity index (χ0v) is 7.03. The molecule has 0 aliphatic heterocycles. The third-order valence-electron chi connectivity index (χ3n) is 2.42. The summed E-state index contributed by atoms with van der Waals surface area (Å²) in [7, 11) is 0. The van der Waals surface area contributed by atoms with E-state index >= 15 is 0 Å². The normalized spacial score (nSPS) is 16.6. The fraction of sp³-hybridized carbons (Fsp3) is 0.333. The molecule has 2 heterocycles. The van der Waals surface area contributed by atoms with Gasteiger partial charge in [0.25, 0.3) is 0 Å². The van der Waals surface area contributed by atoms with Crippen LogP contribution in [0.15, 0.2) is 23.3 Å². The van der Waals surface area contributed by atoms with Gasteiger partial charge in [0.05, 0.1) is 0 Å². The Morgan fingerprint density at radius 1 is 1.54 bits per heavy atom. The van der Waals surface area contributed by atoms with Crippen molar-refractivity contribution in [2.45, 2.75) is 18.9 Å². The van der Waals surface area contributed by atoms with Gasteiger partial charge in [-0.3, -0.25) is 0 Å². The first-order valence-electron chi connectivity index (χ1n) is 4.41. The molecule has 66 valence electrons. The molecule has 0 saturated heterocycles. The lowest BCUT2D eigenvalue weighted by Gasteiger charge is -1.98. The van der Waals surface area contributed by atoms with Crippen molar-refractivity contribution in [3.63, 3.8) is 0 Å². The molecule has 4 nitrogen and oxygen atoms in total. The highest BCUT2D eigenvalue weighted by atomic mass is 16.1. The van der Waals surface area contributed by atoms with Gasteiger partial charge in [0.15, 0.2) is 0 Å². The van der Waals surface area contributed by atoms with Gasteiger partial charge >= 0.3 is 5.69 Å². The molecule has 3 rings (SSSR count). The number of aromatic amines is 1. The highest BCUT2D eigenvalue weighted by Crippen LogP contribution is 2.36. The minimum atomic E-state index is -0.270. The van der Waals surface area contributed by atoms with Crippen molar-refractivity contribution in [3.8, 4) is 0 Å². The number of nitrogens with one attached hydrogen (secondary N) is 1. The first kappa shape index (κ1) is 6.88. The fourth-order valence-corrected chi connectivity index (χ4v) is 1.61. The molecular formula is C9H9N3O. The van der Waals surface area contributed by atoms with Gasteiger partial charge in [-0.2, -0.15) is 4.98 Å². The maximum atomic E-state index is 11.0. The van der Waals surface area contributed by atoms with Crippen LogP contribution in [0.4, 0.5) is 0 Å². The van der Waals surface area contributed by atoms with Crippen molar-refractivity contribution in [2.24, 2.45) is 0 Å². The Balaban J connectivity index is 2.35. The largest absolute Gasteiger partial charge is 0.346 e. The quantitative estimate of drug-likeness (QED) is 0.704. The molecular weight excluding hydrogens is 166 g/mol. The van der Waals surface area contributed by atoms with Gasteiger partial charge in [0, 0.05) is 23.8 Å². The van der Waals surface area contributed by atoms with Crippen molar-refractivity contribution in [1.29, 1.82) is 0 Å². The molecule has 0 aromatic carbocycles. The first-order valence-corrected chi connectivity index (χ1v) is 4.41. The average molecular weight is 175 g/mol.